The first-order valence-electron chi connectivity index (χ1n) is 10.1. The van der Waals surface area contributed by atoms with Crippen LogP contribution in [0.15, 0.2) is 27.9 Å². The van der Waals surface area contributed by atoms with Crippen molar-refractivity contribution in [2.24, 2.45) is 7.05 Å². The first-order valence-corrected chi connectivity index (χ1v) is 10.1. The molecule has 0 bridgehead atoms. The third-order valence-corrected chi connectivity index (χ3v) is 6.71. The van der Waals surface area contributed by atoms with E-state index >= 15 is 0 Å². The van der Waals surface area contributed by atoms with Crippen molar-refractivity contribution in [2.75, 3.05) is 13.1 Å². The minimum absolute atomic E-state index is 0.0300. The van der Waals surface area contributed by atoms with E-state index in [0.717, 1.165) is 55.6 Å². The number of piperidine rings is 1. The van der Waals surface area contributed by atoms with Gasteiger partial charge in [0.05, 0.1) is 5.69 Å². The van der Waals surface area contributed by atoms with Gasteiger partial charge in [0.2, 0.25) is 0 Å². The molecule has 7 heteroatoms. The van der Waals surface area contributed by atoms with Gasteiger partial charge in [0.1, 0.15) is 5.82 Å². The Morgan fingerprint density at radius 2 is 1.96 bits per heavy atom. The molecule has 1 saturated heterocycles. The highest BCUT2D eigenvalue weighted by Gasteiger charge is 2.45. The average Bonchev–Trinajstić information content (AvgIpc) is 3.49. The SMILES string of the molecule is Cn1ccc(C(=O)N2CCC3(CCc4c3nc(C3CC3)[nH]c4=O)CC2)cc1=O. The molecule has 0 aromatic carbocycles. The van der Waals surface area contributed by atoms with Crippen molar-refractivity contribution in [3.63, 3.8) is 0 Å². The fraction of sp³-hybridized carbons (Fsp3) is 0.524. The zero-order valence-corrected chi connectivity index (χ0v) is 16.0. The molecule has 2 aromatic rings. The standard InChI is InChI=1S/C21H24N4O3/c1-24-9-5-14(12-16(24)26)20(28)25-10-7-21(8-11-25)6-4-15-17(21)22-18(13-2-3-13)23-19(15)27/h5,9,12-13H,2-4,6-8,10-11H2,1H3,(H,22,23,27). The van der Waals surface area contributed by atoms with Crippen LogP contribution in [0.1, 0.15) is 65.5 Å². The van der Waals surface area contributed by atoms with E-state index in [1.165, 1.54) is 10.6 Å². The maximum absolute atomic E-state index is 12.8. The summed E-state index contributed by atoms with van der Waals surface area (Å²) in [6.45, 7) is 1.25. The van der Waals surface area contributed by atoms with Crippen molar-refractivity contribution in [1.29, 1.82) is 0 Å². The number of amides is 1. The highest BCUT2D eigenvalue weighted by Crippen LogP contribution is 2.46. The number of likely N-dealkylation sites (tertiary alicyclic amines) is 1. The Morgan fingerprint density at radius 1 is 1.21 bits per heavy atom. The Bertz CT molecular complexity index is 1070. The van der Waals surface area contributed by atoms with E-state index in [-0.39, 0.29) is 22.4 Å². The number of fused-ring (bicyclic) bond motifs is 2. The van der Waals surface area contributed by atoms with Crippen LogP contribution in [0.2, 0.25) is 0 Å². The van der Waals surface area contributed by atoms with Crippen LogP contribution in [0.25, 0.3) is 0 Å². The normalized spacial score (nSPS) is 20.4. The van der Waals surface area contributed by atoms with Crippen LogP contribution in [0.4, 0.5) is 0 Å². The molecule has 28 heavy (non-hydrogen) atoms. The van der Waals surface area contributed by atoms with Gasteiger partial charge in [-0.2, -0.15) is 0 Å². The molecule has 146 valence electrons. The van der Waals surface area contributed by atoms with Gasteiger partial charge in [-0.3, -0.25) is 14.4 Å². The molecule has 1 aliphatic heterocycles. The van der Waals surface area contributed by atoms with Crippen LogP contribution in [0, 0.1) is 0 Å². The maximum Gasteiger partial charge on any atom is 0.254 e. The molecule has 2 aliphatic carbocycles. The predicted molar refractivity (Wildman–Crippen MR) is 104 cm³/mol. The lowest BCUT2D eigenvalue weighted by Gasteiger charge is -2.39. The second-order valence-electron chi connectivity index (χ2n) is 8.49. The number of carbonyl (C=O) groups is 1. The maximum atomic E-state index is 12.8. The molecule has 0 unspecified atom stereocenters. The number of aromatic amines is 1. The van der Waals surface area contributed by atoms with Gasteiger partial charge in [-0.05, 0) is 44.6 Å². The smallest absolute Gasteiger partial charge is 0.254 e. The second kappa shape index (κ2) is 6.15. The summed E-state index contributed by atoms with van der Waals surface area (Å²) < 4.78 is 1.46. The molecule has 3 aliphatic rings. The van der Waals surface area contributed by atoms with Crippen LogP contribution < -0.4 is 11.1 Å². The summed E-state index contributed by atoms with van der Waals surface area (Å²) in [5.41, 5.74) is 2.03. The summed E-state index contributed by atoms with van der Waals surface area (Å²) in [5.74, 6) is 1.17. The van der Waals surface area contributed by atoms with Gasteiger partial charge in [0.25, 0.3) is 17.0 Å². The average molecular weight is 380 g/mol. The van der Waals surface area contributed by atoms with E-state index in [1.54, 1.807) is 19.3 Å². The summed E-state index contributed by atoms with van der Waals surface area (Å²) in [7, 11) is 1.67. The quantitative estimate of drug-likeness (QED) is 0.855. The highest BCUT2D eigenvalue weighted by molar-refractivity contribution is 5.94. The molecule has 1 amide bonds. The van der Waals surface area contributed by atoms with Crippen molar-refractivity contribution < 1.29 is 4.79 Å². The molecule has 1 saturated carbocycles. The fourth-order valence-corrected chi connectivity index (χ4v) is 4.71. The summed E-state index contributed by atoms with van der Waals surface area (Å²) in [4.78, 5) is 46.9. The zero-order valence-electron chi connectivity index (χ0n) is 16.0. The largest absolute Gasteiger partial charge is 0.339 e. The van der Waals surface area contributed by atoms with E-state index in [4.69, 9.17) is 4.98 Å². The third kappa shape index (κ3) is 2.72. The van der Waals surface area contributed by atoms with Gasteiger partial charge in [0, 0.05) is 54.9 Å². The summed E-state index contributed by atoms with van der Waals surface area (Å²) in [5, 5.41) is 0. The van der Waals surface area contributed by atoms with E-state index in [2.05, 4.69) is 4.98 Å². The molecule has 1 N–H and O–H groups in total. The first-order chi connectivity index (χ1) is 13.5. The highest BCUT2D eigenvalue weighted by atomic mass is 16.2. The van der Waals surface area contributed by atoms with E-state index in [1.807, 2.05) is 4.90 Å². The lowest BCUT2D eigenvalue weighted by Crippen LogP contribution is -2.45. The summed E-state index contributed by atoms with van der Waals surface area (Å²) >= 11 is 0. The van der Waals surface area contributed by atoms with Gasteiger partial charge in [-0.15, -0.1) is 0 Å². The number of hydrogen-bond donors (Lipinski definition) is 1. The molecular formula is C21H24N4O3. The van der Waals surface area contributed by atoms with Crippen molar-refractivity contribution in [3.8, 4) is 0 Å². The fourth-order valence-electron chi connectivity index (χ4n) is 4.71. The minimum Gasteiger partial charge on any atom is -0.339 e. The van der Waals surface area contributed by atoms with Crippen LogP contribution in [0.3, 0.4) is 0 Å². The van der Waals surface area contributed by atoms with Crippen LogP contribution in [-0.2, 0) is 18.9 Å². The molecule has 5 rings (SSSR count). The Kier molecular flexibility index (Phi) is 3.82. The number of H-pyrrole nitrogens is 1. The van der Waals surface area contributed by atoms with E-state index in [0.29, 0.717) is 24.6 Å². The molecule has 1 spiro atoms. The number of pyridine rings is 1. The van der Waals surface area contributed by atoms with E-state index < -0.39 is 0 Å². The van der Waals surface area contributed by atoms with Crippen molar-refractivity contribution >= 4 is 5.91 Å². The number of carbonyl (C=O) groups excluding carboxylic acids is 1. The summed E-state index contributed by atoms with van der Waals surface area (Å²) in [6, 6.07) is 3.10. The van der Waals surface area contributed by atoms with Gasteiger partial charge in [-0.25, -0.2) is 4.98 Å². The lowest BCUT2D eigenvalue weighted by atomic mass is 9.76. The molecule has 0 radical (unpaired) electrons. The zero-order chi connectivity index (χ0) is 19.5. The monoisotopic (exact) mass is 380 g/mol. The van der Waals surface area contributed by atoms with Crippen LogP contribution in [0.5, 0.6) is 0 Å². The number of hydrogen-bond acceptors (Lipinski definition) is 4. The Balaban J connectivity index is 1.38. The molecule has 2 fully saturated rings. The topological polar surface area (TPSA) is 88.1 Å². The van der Waals surface area contributed by atoms with Crippen molar-refractivity contribution in [3.05, 3.63) is 61.7 Å². The van der Waals surface area contributed by atoms with Crippen LogP contribution in [-0.4, -0.2) is 38.4 Å². The number of aryl methyl sites for hydroxylation is 1. The summed E-state index contributed by atoms with van der Waals surface area (Å²) in [6.07, 6.45) is 7.17. The van der Waals surface area contributed by atoms with Gasteiger partial charge in [0.15, 0.2) is 0 Å². The second-order valence-corrected chi connectivity index (χ2v) is 8.49. The predicted octanol–water partition coefficient (Wildman–Crippen LogP) is 1.47. The van der Waals surface area contributed by atoms with Gasteiger partial charge in [-0.1, -0.05) is 0 Å². The first kappa shape index (κ1) is 17.4. The van der Waals surface area contributed by atoms with Crippen molar-refractivity contribution in [2.45, 2.75) is 49.9 Å². The van der Waals surface area contributed by atoms with Gasteiger partial charge < -0.3 is 14.5 Å². The van der Waals surface area contributed by atoms with Crippen LogP contribution >= 0.6 is 0 Å². The number of nitrogens with zero attached hydrogens (tertiary/aromatic N) is 3. The number of aromatic nitrogens is 3. The molecule has 2 aromatic heterocycles. The van der Waals surface area contributed by atoms with Crippen molar-refractivity contribution in [1.82, 2.24) is 19.4 Å². The third-order valence-electron chi connectivity index (χ3n) is 6.71. The molecule has 0 atom stereocenters. The van der Waals surface area contributed by atoms with Gasteiger partial charge >= 0.3 is 0 Å². The molecular weight excluding hydrogens is 356 g/mol. The molecule has 7 nitrogen and oxygen atoms in total. The van der Waals surface area contributed by atoms with E-state index in [9.17, 15) is 14.4 Å². The number of rotatable bonds is 2. The Hall–Kier alpha value is -2.70. The minimum atomic E-state index is -0.180. The molecule has 3 heterocycles. The Morgan fingerprint density at radius 3 is 2.64 bits per heavy atom. The Labute approximate surface area is 162 Å². The number of nitrogens with one attached hydrogen (secondary N) is 1. The lowest BCUT2D eigenvalue weighted by molar-refractivity contribution is 0.0663.